The molecule has 0 bridgehead atoms. The summed E-state index contributed by atoms with van der Waals surface area (Å²) in [6.07, 6.45) is 9.23. The van der Waals surface area contributed by atoms with Crippen molar-refractivity contribution in [3.8, 4) is 0 Å². The van der Waals surface area contributed by atoms with Gasteiger partial charge >= 0.3 is 0 Å². The highest BCUT2D eigenvalue weighted by Crippen LogP contribution is 2.25. The van der Waals surface area contributed by atoms with Gasteiger partial charge in [0.1, 0.15) is 5.82 Å². The number of nitrogens with zero attached hydrogens (tertiary/aromatic N) is 3. The van der Waals surface area contributed by atoms with Gasteiger partial charge < -0.3 is 9.88 Å². The molecule has 1 atom stereocenters. The molecule has 4 rings (SSSR count). The number of nitrogens with one attached hydrogen (secondary N) is 1. The molecule has 23 heavy (non-hydrogen) atoms. The summed E-state index contributed by atoms with van der Waals surface area (Å²) in [5, 5.41) is 4.89. The van der Waals surface area contributed by atoms with E-state index in [1.165, 1.54) is 28.9 Å². The van der Waals surface area contributed by atoms with Gasteiger partial charge in [0, 0.05) is 49.2 Å². The van der Waals surface area contributed by atoms with Crippen LogP contribution in [0.5, 0.6) is 0 Å². The average molecular weight is 306 g/mol. The number of anilines is 1. The summed E-state index contributed by atoms with van der Waals surface area (Å²) in [5.41, 5.74) is 3.61. The van der Waals surface area contributed by atoms with E-state index in [-0.39, 0.29) is 0 Å². The van der Waals surface area contributed by atoms with Gasteiger partial charge in [0.2, 0.25) is 0 Å². The van der Waals surface area contributed by atoms with Gasteiger partial charge in [-0.15, -0.1) is 0 Å². The van der Waals surface area contributed by atoms with Crippen LogP contribution in [0.3, 0.4) is 0 Å². The van der Waals surface area contributed by atoms with Crippen LogP contribution in [0.4, 0.5) is 5.69 Å². The van der Waals surface area contributed by atoms with E-state index in [9.17, 15) is 0 Å². The predicted octanol–water partition coefficient (Wildman–Crippen LogP) is 3.67. The van der Waals surface area contributed by atoms with E-state index in [1.807, 2.05) is 12.4 Å². The molecule has 0 fully saturated rings. The predicted molar refractivity (Wildman–Crippen MR) is 93.6 cm³/mol. The molecule has 1 N–H and O–H groups in total. The fourth-order valence-electron chi connectivity index (χ4n) is 3.43. The highest BCUT2D eigenvalue weighted by molar-refractivity contribution is 5.91. The Hall–Kier alpha value is -2.36. The third kappa shape index (κ3) is 2.81. The Morgan fingerprint density at radius 3 is 3.09 bits per heavy atom. The smallest absolute Gasteiger partial charge is 0.108 e. The molecule has 0 saturated heterocycles. The molecule has 4 nitrogen and oxygen atoms in total. The summed E-state index contributed by atoms with van der Waals surface area (Å²) in [6, 6.07) is 8.64. The molecule has 1 aliphatic heterocycles. The molecule has 1 aromatic carbocycles. The Balaban J connectivity index is 1.52. The highest BCUT2D eigenvalue weighted by Gasteiger charge is 2.18. The lowest BCUT2D eigenvalue weighted by molar-refractivity contribution is 0.381. The maximum absolute atomic E-state index is 4.48. The van der Waals surface area contributed by atoms with E-state index in [0.717, 1.165) is 31.4 Å². The third-order valence-electron chi connectivity index (χ3n) is 4.83. The standard InChI is InChI=1S/C19H22N4/c1-2-14-3-5-17-16(11-14)18(7-8-20-17)22-12-15-4-6-19-21-9-10-23(19)13-15/h3,5,7-11,15H,2,4,6,12-13H2,1H3,(H,20,22). The van der Waals surface area contributed by atoms with Crippen molar-refractivity contribution < 1.29 is 0 Å². The van der Waals surface area contributed by atoms with Crippen LogP contribution in [0.1, 0.15) is 24.7 Å². The summed E-state index contributed by atoms with van der Waals surface area (Å²) in [4.78, 5) is 8.89. The van der Waals surface area contributed by atoms with Crippen molar-refractivity contribution in [1.82, 2.24) is 14.5 Å². The molecule has 0 saturated carbocycles. The van der Waals surface area contributed by atoms with Gasteiger partial charge in [-0.3, -0.25) is 4.98 Å². The molecule has 1 unspecified atom stereocenters. The first-order chi connectivity index (χ1) is 11.3. The first kappa shape index (κ1) is 14.2. The number of hydrogen-bond donors (Lipinski definition) is 1. The van der Waals surface area contributed by atoms with Crippen molar-refractivity contribution in [1.29, 1.82) is 0 Å². The van der Waals surface area contributed by atoms with Crippen LogP contribution in [0, 0.1) is 5.92 Å². The van der Waals surface area contributed by atoms with Crippen molar-refractivity contribution >= 4 is 16.6 Å². The number of pyridine rings is 1. The zero-order chi connectivity index (χ0) is 15.6. The molecule has 1 aliphatic rings. The van der Waals surface area contributed by atoms with Gasteiger partial charge in [0.25, 0.3) is 0 Å². The van der Waals surface area contributed by atoms with Crippen LogP contribution in [-0.4, -0.2) is 21.1 Å². The second-order valence-electron chi connectivity index (χ2n) is 6.34. The third-order valence-corrected chi connectivity index (χ3v) is 4.83. The largest absolute Gasteiger partial charge is 0.384 e. The number of hydrogen-bond acceptors (Lipinski definition) is 3. The van der Waals surface area contributed by atoms with E-state index < -0.39 is 0 Å². The quantitative estimate of drug-likeness (QED) is 0.800. The number of fused-ring (bicyclic) bond motifs is 2. The number of aryl methyl sites for hydroxylation is 2. The van der Waals surface area contributed by atoms with Crippen LogP contribution in [-0.2, 0) is 19.4 Å². The molecule has 0 radical (unpaired) electrons. The molecular formula is C19H22N4. The molecule has 2 aromatic heterocycles. The van der Waals surface area contributed by atoms with Crippen LogP contribution in [0.15, 0.2) is 42.9 Å². The summed E-state index contributed by atoms with van der Waals surface area (Å²) < 4.78 is 2.29. The minimum Gasteiger partial charge on any atom is -0.384 e. The molecule has 3 heterocycles. The van der Waals surface area contributed by atoms with Gasteiger partial charge in [-0.2, -0.15) is 0 Å². The lowest BCUT2D eigenvalue weighted by atomic mass is 9.99. The Morgan fingerprint density at radius 2 is 2.17 bits per heavy atom. The molecule has 0 amide bonds. The van der Waals surface area contributed by atoms with Crippen molar-refractivity contribution in [2.24, 2.45) is 5.92 Å². The Kier molecular flexibility index (Phi) is 3.74. The van der Waals surface area contributed by atoms with Crippen molar-refractivity contribution in [2.75, 3.05) is 11.9 Å². The topological polar surface area (TPSA) is 42.7 Å². The molecular weight excluding hydrogens is 284 g/mol. The monoisotopic (exact) mass is 306 g/mol. The second-order valence-corrected chi connectivity index (χ2v) is 6.34. The summed E-state index contributed by atoms with van der Waals surface area (Å²) in [5.74, 6) is 1.87. The van der Waals surface area contributed by atoms with Crippen molar-refractivity contribution in [3.63, 3.8) is 0 Å². The Morgan fingerprint density at radius 1 is 1.22 bits per heavy atom. The molecule has 0 spiro atoms. The van der Waals surface area contributed by atoms with Crippen molar-refractivity contribution in [3.05, 3.63) is 54.2 Å². The summed E-state index contributed by atoms with van der Waals surface area (Å²) >= 11 is 0. The van der Waals surface area contributed by atoms with Gasteiger partial charge in [-0.05, 0) is 42.5 Å². The maximum atomic E-state index is 4.48. The minimum atomic E-state index is 0.647. The van der Waals surface area contributed by atoms with Gasteiger partial charge in [0.05, 0.1) is 5.52 Å². The van der Waals surface area contributed by atoms with Gasteiger partial charge in [-0.1, -0.05) is 13.0 Å². The zero-order valence-electron chi connectivity index (χ0n) is 13.5. The molecule has 118 valence electrons. The Labute approximate surface area is 136 Å². The summed E-state index contributed by atoms with van der Waals surface area (Å²) in [7, 11) is 0. The highest BCUT2D eigenvalue weighted by atomic mass is 15.1. The molecule has 4 heteroatoms. The Bertz CT molecular complexity index is 821. The first-order valence-electron chi connectivity index (χ1n) is 8.45. The van der Waals surface area contributed by atoms with Crippen molar-refractivity contribution in [2.45, 2.75) is 32.7 Å². The first-order valence-corrected chi connectivity index (χ1v) is 8.45. The van der Waals surface area contributed by atoms with Gasteiger partial charge in [0.15, 0.2) is 0 Å². The average Bonchev–Trinajstić information content (AvgIpc) is 3.07. The molecule has 3 aromatic rings. The van der Waals surface area contributed by atoms with E-state index in [1.54, 1.807) is 0 Å². The van der Waals surface area contributed by atoms with E-state index in [0.29, 0.717) is 5.92 Å². The van der Waals surface area contributed by atoms with E-state index in [4.69, 9.17) is 0 Å². The normalized spacial score (nSPS) is 17.2. The summed E-state index contributed by atoms with van der Waals surface area (Å²) in [6.45, 7) is 4.24. The molecule has 0 aliphatic carbocycles. The van der Waals surface area contributed by atoms with Crippen LogP contribution in [0.25, 0.3) is 10.9 Å². The van der Waals surface area contributed by atoms with Crippen LogP contribution in [0.2, 0.25) is 0 Å². The minimum absolute atomic E-state index is 0.647. The van der Waals surface area contributed by atoms with Gasteiger partial charge in [-0.25, -0.2) is 4.98 Å². The lowest BCUT2D eigenvalue weighted by Crippen LogP contribution is -2.25. The fraction of sp³-hybridized carbons (Fsp3) is 0.368. The zero-order valence-corrected chi connectivity index (χ0v) is 13.5. The maximum Gasteiger partial charge on any atom is 0.108 e. The fourth-order valence-corrected chi connectivity index (χ4v) is 3.43. The number of benzene rings is 1. The number of aromatic nitrogens is 3. The number of imidazole rings is 1. The number of rotatable bonds is 4. The second kappa shape index (κ2) is 6.03. The SMILES string of the molecule is CCc1ccc2nccc(NCC3CCc4nccn4C3)c2c1. The van der Waals surface area contributed by atoms with E-state index >= 15 is 0 Å². The van der Waals surface area contributed by atoms with E-state index in [2.05, 4.69) is 57.2 Å². The van der Waals surface area contributed by atoms with Crippen LogP contribution < -0.4 is 5.32 Å². The van der Waals surface area contributed by atoms with Crippen LogP contribution >= 0.6 is 0 Å². The lowest BCUT2D eigenvalue weighted by Gasteiger charge is -2.24.